The van der Waals surface area contributed by atoms with E-state index in [4.69, 9.17) is 14.2 Å². The van der Waals surface area contributed by atoms with Crippen molar-refractivity contribution in [3.05, 3.63) is 89.0 Å². The molecular weight excluding hydrogens is 657 g/mol. The van der Waals surface area contributed by atoms with Crippen molar-refractivity contribution in [1.29, 1.82) is 0 Å². The van der Waals surface area contributed by atoms with Crippen LogP contribution in [0.3, 0.4) is 0 Å². The van der Waals surface area contributed by atoms with Gasteiger partial charge >= 0.3 is 24.1 Å². The molecule has 2 amide bonds. The van der Waals surface area contributed by atoms with Gasteiger partial charge in [-0.15, -0.1) is 0 Å². The summed E-state index contributed by atoms with van der Waals surface area (Å²) in [6, 6.07) is 15.1. The van der Waals surface area contributed by atoms with Crippen molar-refractivity contribution in [2.24, 2.45) is 11.3 Å². The zero-order valence-corrected chi connectivity index (χ0v) is 28.8. The summed E-state index contributed by atoms with van der Waals surface area (Å²) >= 11 is 0. The second-order valence-electron chi connectivity index (χ2n) is 12.1. The van der Waals surface area contributed by atoms with Gasteiger partial charge in [0.25, 0.3) is 11.8 Å². The van der Waals surface area contributed by atoms with Gasteiger partial charge < -0.3 is 24.4 Å². The Morgan fingerprint density at radius 3 is 1.94 bits per heavy atom. The zero-order chi connectivity index (χ0) is 37.2. The molecule has 0 aliphatic rings. The minimum absolute atomic E-state index is 0.00175. The van der Waals surface area contributed by atoms with E-state index in [0.717, 1.165) is 12.1 Å². The lowest BCUT2D eigenvalue weighted by atomic mass is 9.80. The maximum Gasteiger partial charge on any atom is 0.416 e. The number of nitrogens with zero attached hydrogens (tertiary/aromatic N) is 1. The Balaban J connectivity index is 1.88. The number of rotatable bonds is 14. The molecule has 3 aromatic carbocycles. The Labute approximate surface area is 288 Å². The second kappa shape index (κ2) is 17.0. The lowest BCUT2D eigenvalue weighted by molar-refractivity contribution is -0.180. The SMILES string of the molecule is CCOC(=O)C(COC(=O)Cc1ccc(NC(=O)c2ccccc2-c2ccc(C(F)(F)F)cc2)c(C(=O)N(C)C)c1)(CC(C)C)C(=O)OCC. The van der Waals surface area contributed by atoms with Gasteiger partial charge in [-0.25, -0.2) is 0 Å². The molecule has 0 radical (unpaired) electrons. The average Bonchev–Trinajstić information content (AvgIpc) is 3.06. The number of carbonyl (C=O) groups is 5. The van der Waals surface area contributed by atoms with Gasteiger partial charge in [0.1, 0.15) is 6.61 Å². The fraction of sp³-hybridized carbons (Fsp3) is 0.378. The largest absolute Gasteiger partial charge is 0.465 e. The number of carbonyl (C=O) groups excluding carboxylic acids is 5. The molecule has 0 saturated carbocycles. The highest BCUT2D eigenvalue weighted by atomic mass is 19.4. The number of ether oxygens (including phenoxy) is 3. The number of hydrogen-bond donors (Lipinski definition) is 1. The predicted octanol–water partition coefficient (Wildman–Crippen LogP) is 6.57. The summed E-state index contributed by atoms with van der Waals surface area (Å²) in [5.41, 5.74) is -1.29. The van der Waals surface area contributed by atoms with Crippen molar-refractivity contribution >= 4 is 35.4 Å². The molecule has 0 aromatic heterocycles. The van der Waals surface area contributed by atoms with Gasteiger partial charge in [0, 0.05) is 19.7 Å². The third-order valence-corrected chi connectivity index (χ3v) is 7.58. The summed E-state index contributed by atoms with van der Waals surface area (Å²) in [6.45, 7) is 6.16. The predicted molar refractivity (Wildman–Crippen MR) is 179 cm³/mol. The third-order valence-electron chi connectivity index (χ3n) is 7.58. The van der Waals surface area contributed by atoms with Crippen molar-refractivity contribution < 1.29 is 51.4 Å². The van der Waals surface area contributed by atoms with Crippen LogP contribution in [-0.4, -0.2) is 68.5 Å². The highest BCUT2D eigenvalue weighted by Crippen LogP contribution is 2.33. The van der Waals surface area contributed by atoms with Gasteiger partial charge in [-0.2, -0.15) is 13.2 Å². The van der Waals surface area contributed by atoms with E-state index in [9.17, 15) is 37.1 Å². The average molecular weight is 699 g/mol. The molecule has 268 valence electrons. The molecule has 0 atom stereocenters. The topological polar surface area (TPSA) is 128 Å². The minimum Gasteiger partial charge on any atom is -0.465 e. The molecule has 13 heteroatoms. The Kier molecular flexibility index (Phi) is 13.3. The van der Waals surface area contributed by atoms with Crippen LogP contribution in [0, 0.1) is 11.3 Å². The second-order valence-corrected chi connectivity index (χ2v) is 12.1. The van der Waals surface area contributed by atoms with E-state index in [2.05, 4.69) is 5.32 Å². The Morgan fingerprint density at radius 2 is 1.40 bits per heavy atom. The zero-order valence-electron chi connectivity index (χ0n) is 28.8. The number of amides is 2. The summed E-state index contributed by atoms with van der Waals surface area (Å²) in [7, 11) is 3.02. The van der Waals surface area contributed by atoms with Crippen molar-refractivity contribution in [2.45, 2.75) is 46.7 Å². The molecule has 50 heavy (non-hydrogen) atoms. The van der Waals surface area contributed by atoms with Crippen LogP contribution in [0.5, 0.6) is 0 Å². The molecule has 0 aliphatic heterocycles. The normalized spacial score (nSPS) is 11.5. The molecule has 0 saturated heterocycles. The van der Waals surface area contributed by atoms with Crippen LogP contribution < -0.4 is 5.32 Å². The van der Waals surface area contributed by atoms with Gasteiger partial charge in [-0.05, 0) is 73.2 Å². The third kappa shape index (κ3) is 9.70. The van der Waals surface area contributed by atoms with Crippen molar-refractivity contribution in [3.63, 3.8) is 0 Å². The smallest absolute Gasteiger partial charge is 0.416 e. The Hall–Kier alpha value is -5.20. The highest BCUT2D eigenvalue weighted by molar-refractivity contribution is 6.12. The van der Waals surface area contributed by atoms with Gasteiger partial charge in [-0.1, -0.05) is 50.2 Å². The van der Waals surface area contributed by atoms with Crippen molar-refractivity contribution in [2.75, 3.05) is 39.2 Å². The van der Waals surface area contributed by atoms with Gasteiger partial charge in [0.2, 0.25) is 0 Å². The summed E-state index contributed by atoms with van der Waals surface area (Å²) in [5.74, 6) is -3.80. The van der Waals surface area contributed by atoms with Crippen LogP contribution in [0.2, 0.25) is 0 Å². The molecule has 0 spiro atoms. The lowest BCUT2D eigenvalue weighted by Gasteiger charge is -2.30. The maximum absolute atomic E-state index is 13.5. The molecule has 3 rings (SSSR count). The summed E-state index contributed by atoms with van der Waals surface area (Å²) in [4.78, 5) is 67.1. The first kappa shape index (κ1) is 39.2. The Bertz CT molecular complexity index is 1680. The van der Waals surface area contributed by atoms with E-state index in [-0.39, 0.29) is 48.8 Å². The molecule has 1 N–H and O–H groups in total. The van der Waals surface area contributed by atoms with Crippen LogP contribution >= 0.6 is 0 Å². The molecule has 0 fully saturated rings. The van der Waals surface area contributed by atoms with Crippen molar-refractivity contribution in [3.8, 4) is 11.1 Å². The van der Waals surface area contributed by atoms with Gasteiger partial charge in [0.15, 0.2) is 5.41 Å². The monoisotopic (exact) mass is 698 g/mol. The summed E-state index contributed by atoms with van der Waals surface area (Å²) in [6.07, 6.45) is -4.85. The summed E-state index contributed by atoms with van der Waals surface area (Å²) in [5, 5.41) is 2.72. The van der Waals surface area contributed by atoms with Gasteiger partial charge in [0.05, 0.1) is 36.4 Å². The molecule has 3 aromatic rings. The fourth-order valence-electron chi connectivity index (χ4n) is 5.27. The van der Waals surface area contributed by atoms with Crippen LogP contribution in [-0.2, 0) is 41.2 Å². The van der Waals surface area contributed by atoms with E-state index >= 15 is 0 Å². The standard InChI is InChI=1S/C37H41F3N2O8/c1-7-48-34(46)36(21-23(3)4,35(47)49-8-2)22-50-31(43)20-24-13-18-30(29(19-24)33(45)42(5)6)41-32(44)28-12-10-9-11-27(28)25-14-16-26(17-15-25)37(38,39)40/h9-19,23H,7-8,20-22H2,1-6H3,(H,41,44). The van der Waals surface area contributed by atoms with E-state index in [1.165, 1.54) is 55.4 Å². The van der Waals surface area contributed by atoms with Crippen LogP contribution in [0.25, 0.3) is 11.1 Å². The van der Waals surface area contributed by atoms with E-state index in [0.29, 0.717) is 16.7 Å². The number of anilines is 1. The molecule has 0 unspecified atom stereocenters. The lowest BCUT2D eigenvalue weighted by Crippen LogP contribution is -2.47. The van der Waals surface area contributed by atoms with Crippen LogP contribution in [0.1, 0.15) is 66.0 Å². The first-order chi connectivity index (χ1) is 23.5. The number of hydrogen-bond acceptors (Lipinski definition) is 8. The fourth-order valence-corrected chi connectivity index (χ4v) is 5.27. The number of alkyl halides is 3. The molecule has 10 nitrogen and oxygen atoms in total. The first-order valence-electron chi connectivity index (χ1n) is 16.0. The number of halogens is 3. The van der Waals surface area contributed by atoms with Gasteiger partial charge in [-0.3, -0.25) is 24.0 Å². The van der Waals surface area contributed by atoms with Crippen LogP contribution in [0.4, 0.5) is 18.9 Å². The number of nitrogens with one attached hydrogen (secondary N) is 1. The highest BCUT2D eigenvalue weighted by Gasteiger charge is 2.50. The van der Waals surface area contributed by atoms with E-state index < -0.39 is 53.5 Å². The van der Waals surface area contributed by atoms with Crippen molar-refractivity contribution in [1.82, 2.24) is 4.90 Å². The molecular formula is C37H41F3N2O8. The maximum atomic E-state index is 13.5. The number of esters is 3. The summed E-state index contributed by atoms with van der Waals surface area (Å²) < 4.78 is 55.1. The van der Waals surface area contributed by atoms with Crippen LogP contribution in [0.15, 0.2) is 66.7 Å². The van der Waals surface area contributed by atoms with E-state index in [1.807, 2.05) is 0 Å². The molecule has 0 bridgehead atoms. The Morgan fingerprint density at radius 1 is 0.800 bits per heavy atom. The first-order valence-corrected chi connectivity index (χ1v) is 16.0. The quantitative estimate of drug-likeness (QED) is 0.114. The molecule has 0 aliphatic carbocycles. The number of benzene rings is 3. The van der Waals surface area contributed by atoms with E-state index in [1.54, 1.807) is 45.9 Å². The molecule has 0 heterocycles. The minimum atomic E-state index is -4.52.